The topological polar surface area (TPSA) is 12.0 Å². The molecule has 2 rings (SSSR count). The molecule has 0 spiro atoms. The van der Waals surface area contributed by atoms with Crippen molar-refractivity contribution < 1.29 is 0 Å². The zero-order chi connectivity index (χ0) is 13.3. The quantitative estimate of drug-likeness (QED) is 0.750. The fourth-order valence-corrected chi connectivity index (χ4v) is 3.48. The van der Waals surface area contributed by atoms with Gasteiger partial charge in [0.2, 0.25) is 0 Å². The van der Waals surface area contributed by atoms with Crippen molar-refractivity contribution in [1.29, 1.82) is 0 Å². The van der Waals surface area contributed by atoms with Gasteiger partial charge in [-0.05, 0) is 50.6 Å². The summed E-state index contributed by atoms with van der Waals surface area (Å²) in [4.78, 5) is 2.68. The molecule has 0 amide bonds. The van der Waals surface area contributed by atoms with E-state index >= 15 is 0 Å². The van der Waals surface area contributed by atoms with Crippen LogP contribution in [0.2, 0.25) is 10.0 Å². The van der Waals surface area contributed by atoms with Crippen LogP contribution in [0.5, 0.6) is 0 Å². The Morgan fingerprint density at radius 2 is 1.89 bits per heavy atom. The molecule has 0 saturated carbocycles. The first-order valence-corrected chi connectivity index (χ1v) is 7.33. The highest BCUT2D eigenvalue weighted by atomic mass is 35.5. The van der Waals surface area contributed by atoms with Crippen LogP contribution in [0, 0.1) is 13.8 Å². The lowest BCUT2D eigenvalue weighted by molar-refractivity contribution is 0.882. The Bertz CT molecular complexity index is 563. The van der Waals surface area contributed by atoms with Gasteiger partial charge in [-0.2, -0.15) is 0 Å². The van der Waals surface area contributed by atoms with Crippen LogP contribution in [0.1, 0.15) is 28.3 Å². The Morgan fingerprint density at radius 1 is 1.17 bits per heavy atom. The molecule has 1 aromatic carbocycles. The van der Waals surface area contributed by atoms with E-state index in [0.717, 1.165) is 5.69 Å². The van der Waals surface area contributed by atoms with Crippen molar-refractivity contribution in [3.63, 3.8) is 0 Å². The van der Waals surface area contributed by atoms with Crippen LogP contribution in [0.3, 0.4) is 0 Å². The van der Waals surface area contributed by atoms with E-state index in [9.17, 15) is 0 Å². The molecular formula is C14H15Cl2NS. The predicted molar refractivity (Wildman–Crippen MR) is 82.3 cm³/mol. The van der Waals surface area contributed by atoms with E-state index in [-0.39, 0.29) is 6.04 Å². The Morgan fingerprint density at radius 3 is 2.44 bits per heavy atom. The molecule has 0 saturated heterocycles. The first kappa shape index (κ1) is 13.7. The molecule has 1 N–H and O–H groups in total. The smallest absolute Gasteiger partial charge is 0.0652 e. The highest BCUT2D eigenvalue weighted by Crippen LogP contribution is 2.32. The second-order valence-corrected chi connectivity index (χ2v) is 6.66. The molecule has 0 radical (unpaired) electrons. The maximum Gasteiger partial charge on any atom is 0.0652 e. The van der Waals surface area contributed by atoms with E-state index in [1.165, 1.54) is 15.3 Å². The van der Waals surface area contributed by atoms with Gasteiger partial charge in [-0.1, -0.05) is 23.2 Å². The maximum absolute atomic E-state index is 6.16. The molecule has 1 atom stereocenters. The highest BCUT2D eigenvalue weighted by molar-refractivity contribution is 7.12. The van der Waals surface area contributed by atoms with Gasteiger partial charge in [0.1, 0.15) is 0 Å². The third-order valence-electron chi connectivity index (χ3n) is 2.85. The number of hydrogen-bond donors (Lipinski definition) is 1. The van der Waals surface area contributed by atoms with Crippen LogP contribution < -0.4 is 5.32 Å². The first-order chi connectivity index (χ1) is 8.47. The molecule has 0 aliphatic rings. The van der Waals surface area contributed by atoms with Crippen molar-refractivity contribution in [2.45, 2.75) is 26.8 Å². The van der Waals surface area contributed by atoms with Crippen molar-refractivity contribution in [3.05, 3.63) is 49.6 Å². The SMILES string of the molecule is Cc1cc(C(C)Nc2ccc(Cl)cc2Cl)c(C)s1. The van der Waals surface area contributed by atoms with Gasteiger partial charge in [-0.25, -0.2) is 0 Å². The average Bonchev–Trinajstić information content (AvgIpc) is 2.62. The standard InChI is InChI=1S/C14H15Cl2NS/c1-8-6-12(10(3)18-8)9(2)17-14-5-4-11(15)7-13(14)16/h4-7,9,17H,1-3H3. The lowest BCUT2D eigenvalue weighted by Crippen LogP contribution is -2.07. The van der Waals surface area contributed by atoms with Gasteiger partial charge in [0.05, 0.1) is 10.7 Å². The minimum absolute atomic E-state index is 0.230. The molecule has 1 aromatic heterocycles. The van der Waals surface area contributed by atoms with Gasteiger partial charge in [0.15, 0.2) is 0 Å². The summed E-state index contributed by atoms with van der Waals surface area (Å²) in [5.74, 6) is 0. The van der Waals surface area contributed by atoms with E-state index in [1.54, 1.807) is 6.07 Å². The number of aryl methyl sites for hydroxylation is 2. The highest BCUT2D eigenvalue weighted by Gasteiger charge is 2.12. The van der Waals surface area contributed by atoms with Crippen molar-refractivity contribution in [1.82, 2.24) is 0 Å². The van der Waals surface area contributed by atoms with Crippen LogP contribution >= 0.6 is 34.5 Å². The van der Waals surface area contributed by atoms with Gasteiger partial charge in [-0.3, -0.25) is 0 Å². The summed E-state index contributed by atoms with van der Waals surface area (Å²) in [5, 5.41) is 4.73. The van der Waals surface area contributed by atoms with Gasteiger partial charge in [0.25, 0.3) is 0 Å². The monoisotopic (exact) mass is 299 g/mol. The lowest BCUT2D eigenvalue weighted by atomic mass is 10.1. The van der Waals surface area contributed by atoms with Gasteiger partial charge in [-0.15, -0.1) is 11.3 Å². The molecule has 1 unspecified atom stereocenters. The molecular weight excluding hydrogens is 285 g/mol. The minimum Gasteiger partial charge on any atom is -0.377 e. The van der Waals surface area contributed by atoms with Gasteiger partial charge >= 0.3 is 0 Å². The molecule has 1 nitrogen and oxygen atoms in total. The van der Waals surface area contributed by atoms with E-state index in [2.05, 4.69) is 32.2 Å². The Labute approximate surface area is 122 Å². The molecule has 0 aliphatic heterocycles. The molecule has 0 fully saturated rings. The van der Waals surface area contributed by atoms with E-state index in [4.69, 9.17) is 23.2 Å². The number of thiophene rings is 1. The molecule has 1 heterocycles. The van der Waals surface area contributed by atoms with Crippen molar-refractivity contribution in [3.8, 4) is 0 Å². The summed E-state index contributed by atoms with van der Waals surface area (Å²) in [6.45, 7) is 6.41. The summed E-state index contributed by atoms with van der Waals surface area (Å²) in [6.07, 6.45) is 0. The average molecular weight is 300 g/mol. The summed E-state index contributed by atoms with van der Waals surface area (Å²) in [7, 11) is 0. The number of anilines is 1. The maximum atomic E-state index is 6.16. The van der Waals surface area contributed by atoms with E-state index in [0.29, 0.717) is 10.0 Å². The predicted octanol–water partition coefficient (Wildman–Crippen LogP) is 5.84. The molecule has 0 aliphatic carbocycles. The normalized spacial score (nSPS) is 12.5. The summed E-state index contributed by atoms with van der Waals surface area (Å²) in [6, 6.07) is 7.96. The third-order valence-corrected chi connectivity index (χ3v) is 4.38. The van der Waals surface area contributed by atoms with Crippen molar-refractivity contribution in [2.75, 3.05) is 5.32 Å². The lowest BCUT2D eigenvalue weighted by Gasteiger charge is -2.16. The molecule has 4 heteroatoms. The van der Waals surface area contributed by atoms with Gasteiger partial charge < -0.3 is 5.32 Å². The van der Waals surface area contributed by atoms with Crippen LogP contribution in [-0.4, -0.2) is 0 Å². The number of benzene rings is 1. The largest absolute Gasteiger partial charge is 0.377 e. The van der Waals surface area contributed by atoms with Crippen LogP contribution in [0.4, 0.5) is 5.69 Å². The fourth-order valence-electron chi connectivity index (χ4n) is 2.00. The van der Waals surface area contributed by atoms with Crippen LogP contribution in [0.25, 0.3) is 0 Å². The second kappa shape index (κ2) is 5.52. The molecule has 2 aromatic rings. The molecule has 18 heavy (non-hydrogen) atoms. The number of rotatable bonds is 3. The first-order valence-electron chi connectivity index (χ1n) is 5.76. The third kappa shape index (κ3) is 3.00. The molecule has 0 bridgehead atoms. The Kier molecular flexibility index (Phi) is 4.21. The van der Waals surface area contributed by atoms with E-state index in [1.807, 2.05) is 23.5 Å². The minimum atomic E-state index is 0.230. The zero-order valence-electron chi connectivity index (χ0n) is 10.6. The van der Waals surface area contributed by atoms with Crippen molar-refractivity contribution >= 4 is 40.2 Å². The summed E-state index contributed by atoms with van der Waals surface area (Å²) < 4.78 is 0. The number of hydrogen-bond acceptors (Lipinski definition) is 2. The zero-order valence-corrected chi connectivity index (χ0v) is 12.9. The number of halogens is 2. The second-order valence-electron chi connectivity index (χ2n) is 4.36. The fraction of sp³-hybridized carbons (Fsp3) is 0.286. The summed E-state index contributed by atoms with van der Waals surface area (Å²) >= 11 is 13.9. The van der Waals surface area contributed by atoms with Gasteiger partial charge in [0, 0.05) is 20.8 Å². The van der Waals surface area contributed by atoms with Crippen LogP contribution in [0.15, 0.2) is 24.3 Å². The Hall–Kier alpha value is -0.700. The Balaban J connectivity index is 2.21. The van der Waals surface area contributed by atoms with E-state index < -0.39 is 0 Å². The molecule has 96 valence electrons. The van der Waals surface area contributed by atoms with Crippen molar-refractivity contribution in [2.24, 2.45) is 0 Å². The van der Waals surface area contributed by atoms with Crippen LogP contribution in [-0.2, 0) is 0 Å². The number of nitrogens with one attached hydrogen (secondary N) is 1. The summed E-state index contributed by atoms with van der Waals surface area (Å²) in [5.41, 5.74) is 2.24.